The summed E-state index contributed by atoms with van der Waals surface area (Å²) in [5, 5.41) is 16.7. The normalized spacial score (nSPS) is 19.6. The van der Waals surface area contributed by atoms with E-state index in [1.807, 2.05) is 0 Å². The molecular formula is C27H29N5O8. The van der Waals surface area contributed by atoms with Gasteiger partial charge in [0, 0.05) is 30.8 Å². The van der Waals surface area contributed by atoms with Gasteiger partial charge in [-0.15, -0.1) is 0 Å². The predicted octanol–water partition coefficient (Wildman–Crippen LogP) is 0.316. The highest BCUT2D eigenvalue weighted by Gasteiger charge is 2.45. The van der Waals surface area contributed by atoms with Crippen molar-refractivity contribution in [2.45, 2.75) is 50.2 Å². The number of rotatable bonds is 10. The highest BCUT2D eigenvalue weighted by molar-refractivity contribution is 6.00. The van der Waals surface area contributed by atoms with Crippen LogP contribution in [0.2, 0.25) is 0 Å². The van der Waals surface area contributed by atoms with E-state index in [-0.39, 0.29) is 37.6 Å². The molecule has 13 heteroatoms. The maximum atomic E-state index is 13.6. The van der Waals surface area contributed by atoms with Gasteiger partial charge in [0.2, 0.25) is 17.7 Å². The summed E-state index contributed by atoms with van der Waals surface area (Å²) in [7, 11) is 0. The van der Waals surface area contributed by atoms with Crippen molar-refractivity contribution in [3.63, 3.8) is 0 Å². The number of carbonyl (C=O) groups is 6. The number of ether oxygens (including phenoxy) is 1. The minimum absolute atomic E-state index is 0.0265. The lowest BCUT2D eigenvalue weighted by molar-refractivity contribution is -0.176. The molecular weight excluding hydrogens is 522 g/mol. The second kappa shape index (κ2) is 12.8. The number of carboxylic acids is 1. The minimum Gasteiger partial charge on any atom is -0.481 e. The zero-order chi connectivity index (χ0) is 28.6. The average Bonchev–Trinajstić information content (AvgIpc) is 3.08. The SMILES string of the molecule is O=C(O)CC(NC(=O)C1CCCN2C(=O)CCC(NC(=O)c3ccccc3)C(=O)N12)C(=O)COc1ccccn1. The van der Waals surface area contributed by atoms with E-state index in [9.17, 15) is 33.9 Å². The molecule has 2 saturated heterocycles. The van der Waals surface area contributed by atoms with E-state index in [4.69, 9.17) is 4.74 Å². The van der Waals surface area contributed by atoms with Crippen LogP contribution in [0.4, 0.5) is 0 Å². The molecule has 4 amide bonds. The highest BCUT2D eigenvalue weighted by atomic mass is 16.5. The molecule has 0 spiro atoms. The molecule has 0 radical (unpaired) electrons. The summed E-state index contributed by atoms with van der Waals surface area (Å²) < 4.78 is 5.32. The fourth-order valence-corrected chi connectivity index (χ4v) is 4.60. The summed E-state index contributed by atoms with van der Waals surface area (Å²) in [4.78, 5) is 80.9. The summed E-state index contributed by atoms with van der Waals surface area (Å²) in [6.07, 6.45) is 1.33. The van der Waals surface area contributed by atoms with Crippen LogP contribution < -0.4 is 15.4 Å². The van der Waals surface area contributed by atoms with Crippen molar-refractivity contribution in [2.24, 2.45) is 0 Å². The zero-order valence-electron chi connectivity index (χ0n) is 21.5. The molecule has 210 valence electrons. The quantitative estimate of drug-likeness (QED) is 0.375. The van der Waals surface area contributed by atoms with Crippen LogP contribution >= 0.6 is 0 Å². The van der Waals surface area contributed by atoms with Gasteiger partial charge in [-0.05, 0) is 37.5 Å². The number of fused-ring (bicyclic) bond motifs is 1. The van der Waals surface area contributed by atoms with Gasteiger partial charge in [-0.2, -0.15) is 0 Å². The molecule has 40 heavy (non-hydrogen) atoms. The van der Waals surface area contributed by atoms with E-state index in [1.54, 1.807) is 42.5 Å². The van der Waals surface area contributed by atoms with Gasteiger partial charge in [0.1, 0.15) is 18.1 Å². The Morgan fingerprint density at radius 2 is 1.80 bits per heavy atom. The summed E-state index contributed by atoms with van der Waals surface area (Å²) in [5.41, 5.74) is 0.332. The Morgan fingerprint density at radius 3 is 2.50 bits per heavy atom. The molecule has 3 heterocycles. The minimum atomic E-state index is -1.45. The van der Waals surface area contributed by atoms with Crippen LogP contribution in [0.25, 0.3) is 0 Å². The van der Waals surface area contributed by atoms with Gasteiger partial charge in [0.05, 0.1) is 6.42 Å². The summed E-state index contributed by atoms with van der Waals surface area (Å²) in [6, 6.07) is 9.37. The fraction of sp³-hybridized carbons (Fsp3) is 0.370. The molecule has 3 unspecified atom stereocenters. The molecule has 1 aromatic carbocycles. The van der Waals surface area contributed by atoms with Crippen LogP contribution in [0.5, 0.6) is 5.88 Å². The Balaban J connectivity index is 1.50. The lowest BCUT2D eigenvalue weighted by Crippen LogP contribution is -2.64. The van der Waals surface area contributed by atoms with Crippen molar-refractivity contribution >= 4 is 35.4 Å². The molecule has 1 aromatic heterocycles. The number of ketones is 1. The van der Waals surface area contributed by atoms with Crippen molar-refractivity contribution in [3.05, 3.63) is 60.3 Å². The van der Waals surface area contributed by atoms with E-state index in [1.165, 1.54) is 17.3 Å². The van der Waals surface area contributed by atoms with Crippen LogP contribution in [-0.2, 0) is 24.0 Å². The van der Waals surface area contributed by atoms with Crippen LogP contribution in [0, 0.1) is 0 Å². The number of carboxylic acid groups (broad SMARTS) is 1. The molecule has 0 bridgehead atoms. The van der Waals surface area contributed by atoms with Crippen LogP contribution in [0.3, 0.4) is 0 Å². The number of amides is 4. The van der Waals surface area contributed by atoms with Gasteiger partial charge < -0.3 is 20.5 Å². The van der Waals surface area contributed by atoms with E-state index in [0.717, 1.165) is 5.01 Å². The van der Waals surface area contributed by atoms with Crippen LogP contribution in [0.1, 0.15) is 42.5 Å². The van der Waals surface area contributed by atoms with Crippen molar-refractivity contribution in [1.82, 2.24) is 25.6 Å². The number of nitrogens with one attached hydrogen (secondary N) is 2. The van der Waals surface area contributed by atoms with Crippen LogP contribution in [-0.4, -0.2) is 86.8 Å². The van der Waals surface area contributed by atoms with Crippen molar-refractivity contribution in [2.75, 3.05) is 13.2 Å². The first kappa shape index (κ1) is 28.2. The topological polar surface area (TPSA) is 175 Å². The maximum Gasteiger partial charge on any atom is 0.305 e. The van der Waals surface area contributed by atoms with Crippen molar-refractivity contribution in [3.8, 4) is 5.88 Å². The molecule has 0 saturated carbocycles. The van der Waals surface area contributed by atoms with Gasteiger partial charge in [0.25, 0.3) is 11.8 Å². The Bertz CT molecular complexity index is 1270. The first-order valence-electron chi connectivity index (χ1n) is 12.8. The largest absolute Gasteiger partial charge is 0.481 e. The zero-order valence-corrected chi connectivity index (χ0v) is 21.5. The third-order valence-corrected chi connectivity index (χ3v) is 6.59. The Kier molecular flexibility index (Phi) is 9.04. The molecule has 2 aliphatic rings. The molecule has 2 aliphatic heterocycles. The Hall–Kier alpha value is -4.81. The molecule has 3 N–H and O–H groups in total. The number of nitrogens with zero attached hydrogens (tertiary/aromatic N) is 3. The van der Waals surface area contributed by atoms with Gasteiger partial charge in [-0.3, -0.25) is 33.8 Å². The van der Waals surface area contributed by atoms with E-state index < -0.39 is 60.6 Å². The van der Waals surface area contributed by atoms with Gasteiger partial charge in [0.15, 0.2) is 12.4 Å². The average molecular weight is 552 g/mol. The van der Waals surface area contributed by atoms with E-state index >= 15 is 0 Å². The summed E-state index contributed by atoms with van der Waals surface area (Å²) in [6.45, 7) is -0.343. The van der Waals surface area contributed by atoms with Gasteiger partial charge in [-0.25, -0.2) is 9.99 Å². The van der Waals surface area contributed by atoms with Crippen LogP contribution in [0.15, 0.2) is 54.7 Å². The number of carbonyl (C=O) groups excluding carboxylic acids is 5. The number of hydrogen-bond acceptors (Lipinski definition) is 8. The summed E-state index contributed by atoms with van der Waals surface area (Å²) >= 11 is 0. The molecule has 0 aliphatic carbocycles. The number of hydrazine groups is 1. The fourth-order valence-electron chi connectivity index (χ4n) is 4.60. The molecule has 3 atom stereocenters. The summed E-state index contributed by atoms with van der Waals surface area (Å²) in [5.74, 6) is -4.21. The molecule has 13 nitrogen and oxygen atoms in total. The third-order valence-electron chi connectivity index (χ3n) is 6.59. The lowest BCUT2D eigenvalue weighted by Gasteiger charge is -2.43. The first-order valence-corrected chi connectivity index (χ1v) is 12.8. The van der Waals surface area contributed by atoms with Crippen molar-refractivity contribution in [1.29, 1.82) is 0 Å². The second-order valence-electron chi connectivity index (χ2n) is 9.37. The standard InChI is InChI=1S/C27H29N5O8/c33-21(16-40-22-10-4-5-13-28-22)19(15-24(35)36)30-26(38)20-9-6-14-31-23(34)12-11-18(27(39)32(20)31)29-25(37)17-7-2-1-3-8-17/h1-5,7-8,10,13,18-20H,6,9,11-12,14-16H2,(H,29,37)(H,30,38)(H,35,36). The smallest absolute Gasteiger partial charge is 0.305 e. The Labute approximate surface area is 229 Å². The predicted molar refractivity (Wildman–Crippen MR) is 137 cm³/mol. The maximum absolute atomic E-state index is 13.6. The number of pyridine rings is 1. The lowest BCUT2D eigenvalue weighted by atomic mass is 10.0. The number of Topliss-reactive ketones (excluding diaryl/α,β-unsaturated/α-hetero) is 1. The first-order chi connectivity index (χ1) is 19.2. The van der Waals surface area contributed by atoms with Gasteiger partial charge >= 0.3 is 5.97 Å². The second-order valence-corrected chi connectivity index (χ2v) is 9.37. The number of aliphatic carboxylic acids is 1. The number of hydrogen-bond donors (Lipinski definition) is 3. The third kappa shape index (κ3) is 6.79. The monoisotopic (exact) mass is 551 g/mol. The van der Waals surface area contributed by atoms with Crippen molar-refractivity contribution < 1.29 is 38.6 Å². The molecule has 2 aromatic rings. The number of benzene rings is 1. The molecule has 2 fully saturated rings. The number of aromatic nitrogens is 1. The molecule has 4 rings (SSSR count). The van der Waals surface area contributed by atoms with E-state index in [2.05, 4.69) is 15.6 Å². The Morgan fingerprint density at radius 1 is 1.05 bits per heavy atom. The van der Waals surface area contributed by atoms with Gasteiger partial charge in [-0.1, -0.05) is 24.3 Å². The van der Waals surface area contributed by atoms with E-state index in [0.29, 0.717) is 12.0 Å². The highest BCUT2D eigenvalue weighted by Crippen LogP contribution is 2.25.